The summed E-state index contributed by atoms with van der Waals surface area (Å²) >= 11 is 4.91. The largest absolute Gasteiger partial charge is 0.378 e. The Morgan fingerprint density at radius 1 is 1.16 bits per heavy atom. The molecule has 6 heteroatoms. The Hall–Kier alpha value is -0.880. The van der Waals surface area contributed by atoms with Crippen LogP contribution < -0.4 is 16.0 Å². The third-order valence-electron chi connectivity index (χ3n) is 2.43. The highest BCUT2D eigenvalue weighted by Crippen LogP contribution is 2.19. The zero-order valence-electron chi connectivity index (χ0n) is 12.5. The topological polar surface area (TPSA) is 62.4 Å². The number of carbonyl (C=O) groups excluding carboxylic acids is 1. The molecule has 0 fully saturated rings. The number of ether oxygens (including phenoxy) is 1. The monoisotopic (exact) mass is 289 g/mol. The van der Waals surface area contributed by atoms with Crippen LogP contribution in [-0.4, -0.2) is 44.4 Å². The molecule has 0 radical (unpaired) electrons. The summed E-state index contributed by atoms with van der Waals surface area (Å²) in [5.41, 5.74) is 0.200. The van der Waals surface area contributed by atoms with Crippen LogP contribution in [0.15, 0.2) is 0 Å². The SMILES string of the molecule is CNC(=S)NCCOCCNC(=O)CCC(C)(C)C. The molecule has 19 heavy (non-hydrogen) atoms. The van der Waals surface area contributed by atoms with E-state index in [2.05, 4.69) is 36.7 Å². The lowest BCUT2D eigenvalue weighted by Crippen LogP contribution is -2.35. The highest BCUT2D eigenvalue weighted by Gasteiger charge is 2.12. The second kappa shape index (κ2) is 9.97. The van der Waals surface area contributed by atoms with Gasteiger partial charge in [0.25, 0.3) is 0 Å². The van der Waals surface area contributed by atoms with Gasteiger partial charge in [0.15, 0.2) is 5.11 Å². The van der Waals surface area contributed by atoms with E-state index in [4.69, 9.17) is 17.0 Å². The highest BCUT2D eigenvalue weighted by molar-refractivity contribution is 7.80. The van der Waals surface area contributed by atoms with E-state index in [1.54, 1.807) is 7.05 Å². The first kappa shape index (κ1) is 18.1. The van der Waals surface area contributed by atoms with Gasteiger partial charge < -0.3 is 20.7 Å². The Bertz CT molecular complexity index is 278. The van der Waals surface area contributed by atoms with Crippen LogP contribution in [0.1, 0.15) is 33.6 Å². The van der Waals surface area contributed by atoms with Gasteiger partial charge in [-0.2, -0.15) is 0 Å². The van der Waals surface area contributed by atoms with E-state index < -0.39 is 0 Å². The smallest absolute Gasteiger partial charge is 0.220 e. The molecule has 0 aliphatic carbocycles. The van der Waals surface area contributed by atoms with Gasteiger partial charge in [-0.05, 0) is 24.1 Å². The van der Waals surface area contributed by atoms with E-state index in [-0.39, 0.29) is 11.3 Å². The molecule has 0 aliphatic rings. The van der Waals surface area contributed by atoms with E-state index in [1.165, 1.54) is 0 Å². The summed E-state index contributed by atoms with van der Waals surface area (Å²) in [6.07, 6.45) is 1.46. The van der Waals surface area contributed by atoms with Crippen molar-refractivity contribution in [3.63, 3.8) is 0 Å². The molecule has 0 unspecified atom stereocenters. The molecule has 0 saturated carbocycles. The molecule has 0 saturated heterocycles. The Labute approximate surface area is 121 Å². The standard InChI is InChI=1S/C13H27N3O2S/c1-13(2,3)6-5-11(17)15-7-9-18-10-8-16-12(19)14-4/h5-10H2,1-4H3,(H,15,17)(H2,14,16,19). The zero-order chi connectivity index (χ0) is 14.7. The lowest BCUT2D eigenvalue weighted by Gasteiger charge is -2.17. The highest BCUT2D eigenvalue weighted by atomic mass is 32.1. The summed E-state index contributed by atoms with van der Waals surface area (Å²) in [7, 11) is 1.77. The molecule has 1 amide bonds. The quantitative estimate of drug-likeness (QED) is 0.460. The Morgan fingerprint density at radius 3 is 2.26 bits per heavy atom. The number of hydrogen-bond donors (Lipinski definition) is 3. The van der Waals surface area contributed by atoms with E-state index >= 15 is 0 Å². The first-order chi connectivity index (χ1) is 8.85. The van der Waals surface area contributed by atoms with E-state index in [0.29, 0.717) is 37.8 Å². The van der Waals surface area contributed by atoms with Crippen LogP contribution >= 0.6 is 12.2 Å². The first-order valence-corrected chi connectivity index (χ1v) is 7.06. The van der Waals surface area contributed by atoms with Crippen LogP contribution in [0, 0.1) is 5.41 Å². The third kappa shape index (κ3) is 13.4. The minimum absolute atomic E-state index is 0.0908. The fourth-order valence-corrected chi connectivity index (χ4v) is 1.37. The minimum atomic E-state index is 0.0908. The Balaban J connectivity index is 3.35. The van der Waals surface area contributed by atoms with Gasteiger partial charge >= 0.3 is 0 Å². The van der Waals surface area contributed by atoms with Crippen molar-refractivity contribution in [1.82, 2.24) is 16.0 Å². The molecular formula is C13H27N3O2S. The summed E-state index contributed by atoms with van der Waals surface area (Å²) in [6, 6.07) is 0. The van der Waals surface area contributed by atoms with Crippen molar-refractivity contribution in [1.29, 1.82) is 0 Å². The van der Waals surface area contributed by atoms with Crippen molar-refractivity contribution in [2.24, 2.45) is 5.41 Å². The van der Waals surface area contributed by atoms with Crippen LogP contribution in [0.2, 0.25) is 0 Å². The second-order valence-corrected chi connectivity index (χ2v) is 5.94. The molecule has 0 bridgehead atoms. The predicted molar refractivity (Wildman–Crippen MR) is 82.2 cm³/mol. The molecule has 112 valence electrons. The average molecular weight is 289 g/mol. The van der Waals surface area contributed by atoms with Gasteiger partial charge in [-0.25, -0.2) is 0 Å². The van der Waals surface area contributed by atoms with Crippen LogP contribution in [0.5, 0.6) is 0 Å². The van der Waals surface area contributed by atoms with Crippen molar-refractivity contribution in [3.05, 3.63) is 0 Å². The molecule has 3 N–H and O–H groups in total. The van der Waals surface area contributed by atoms with E-state index in [0.717, 1.165) is 6.42 Å². The molecule has 0 aromatic heterocycles. The summed E-state index contributed by atoms with van der Waals surface area (Å²) < 4.78 is 5.36. The van der Waals surface area contributed by atoms with Crippen molar-refractivity contribution < 1.29 is 9.53 Å². The number of thiocarbonyl (C=S) groups is 1. The maximum absolute atomic E-state index is 11.5. The lowest BCUT2D eigenvalue weighted by molar-refractivity contribution is -0.121. The number of rotatable bonds is 8. The first-order valence-electron chi connectivity index (χ1n) is 6.65. The molecule has 0 rings (SSSR count). The maximum Gasteiger partial charge on any atom is 0.220 e. The molecular weight excluding hydrogens is 262 g/mol. The Kier molecular flexibility index (Phi) is 9.51. The Morgan fingerprint density at radius 2 is 1.74 bits per heavy atom. The summed E-state index contributed by atoms with van der Waals surface area (Å²) in [5, 5.41) is 9.25. The zero-order valence-corrected chi connectivity index (χ0v) is 13.3. The molecule has 0 aromatic rings. The number of nitrogens with one attached hydrogen (secondary N) is 3. The van der Waals surface area contributed by atoms with Crippen LogP contribution in [0.3, 0.4) is 0 Å². The molecule has 0 aliphatic heterocycles. The minimum Gasteiger partial charge on any atom is -0.378 e. The lowest BCUT2D eigenvalue weighted by atomic mass is 9.90. The van der Waals surface area contributed by atoms with Crippen LogP contribution in [0.4, 0.5) is 0 Å². The van der Waals surface area contributed by atoms with Crippen molar-refractivity contribution in [3.8, 4) is 0 Å². The van der Waals surface area contributed by atoms with Gasteiger partial charge in [0.2, 0.25) is 5.91 Å². The predicted octanol–water partition coefficient (Wildman–Crippen LogP) is 1.04. The third-order valence-corrected chi connectivity index (χ3v) is 2.78. The van der Waals surface area contributed by atoms with Gasteiger partial charge in [0.05, 0.1) is 13.2 Å². The molecule has 0 atom stereocenters. The molecule has 0 spiro atoms. The summed E-state index contributed by atoms with van der Waals surface area (Å²) in [4.78, 5) is 11.5. The van der Waals surface area contributed by atoms with E-state index in [1.807, 2.05) is 0 Å². The second-order valence-electron chi connectivity index (χ2n) is 5.53. The average Bonchev–Trinajstić information content (AvgIpc) is 2.34. The normalized spacial score (nSPS) is 10.9. The summed E-state index contributed by atoms with van der Waals surface area (Å²) in [5.74, 6) is 0.0908. The molecule has 0 aromatic carbocycles. The fourth-order valence-electron chi connectivity index (χ4n) is 1.27. The number of carbonyl (C=O) groups is 1. The van der Waals surface area contributed by atoms with Gasteiger partial charge in [0.1, 0.15) is 0 Å². The van der Waals surface area contributed by atoms with Gasteiger partial charge in [-0.3, -0.25) is 4.79 Å². The number of hydrogen-bond acceptors (Lipinski definition) is 3. The van der Waals surface area contributed by atoms with Crippen molar-refractivity contribution >= 4 is 23.2 Å². The van der Waals surface area contributed by atoms with Crippen molar-refractivity contribution in [2.45, 2.75) is 33.6 Å². The summed E-state index contributed by atoms with van der Waals surface area (Å²) in [6.45, 7) is 8.70. The van der Waals surface area contributed by atoms with Crippen molar-refractivity contribution in [2.75, 3.05) is 33.4 Å². The van der Waals surface area contributed by atoms with Gasteiger partial charge in [-0.1, -0.05) is 20.8 Å². The fraction of sp³-hybridized carbons (Fsp3) is 0.846. The van der Waals surface area contributed by atoms with Gasteiger partial charge in [0, 0.05) is 26.6 Å². The molecule has 5 nitrogen and oxygen atoms in total. The van der Waals surface area contributed by atoms with Crippen LogP contribution in [0.25, 0.3) is 0 Å². The maximum atomic E-state index is 11.5. The number of amides is 1. The van der Waals surface area contributed by atoms with Gasteiger partial charge in [-0.15, -0.1) is 0 Å². The molecule has 0 heterocycles. The van der Waals surface area contributed by atoms with E-state index in [9.17, 15) is 4.79 Å². The van der Waals surface area contributed by atoms with Crippen LogP contribution in [-0.2, 0) is 9.53 Å².